The molecule has 124 valence electrons. The van der Waals surface area contributed by atoms with Crippen LogP contribution in [-0.4, -0.2) is 34.8 Å². The third-order valence-electron chi connectivity index (χ3n) is 3.99. The van der Waals surface area contributed by atoms with Crippen molar-refractivity contribution in [3.8, 4) is 5.75 Å². The van der Waals surface area contributed by atoms with E-state index in [9.17, 15) is 14.9 Å². The highest BCUT2D eigenvalue weighted by atomic mass is 16.6. The molecule has 1 fully saturated rings. The number of nitrogens with one attached hydrogen (secondary N) is 1. The molecule has 0 radical (unpaired) electrons. The normalized spacial score (nSPS) is 15.2. The summed E-state index contributed by atoms with van der Waals surface area (Å²) in [7, 11) is 0. The van der Waals surface area contributed by atoms with Crippen molar-refractivity contribution in [2.24, 2.45) is 11.7 Å². The van der Waals surface area contributed by atoms with Gasteiger partial charge in [-0.3, -0.25) is 20.3 Å². The zero-order valence-corrected chi connectivity index (χ0v) is 12.7. The molecule has 8 heteroatoms. The van der Waals surface area contributed by atoms with Gasteiger partial charge in [0.2, 0.25) is 0 Å². The molecular weight excluding hydrogens is 300 g/mol. The fourth-order valence-corrected chi connectivity index (χ4v) is 2.60. The van der Waals surface area contributed by atoms with Crippen LogP contribution in [0, 0.1) is 21.4 Å². The number of rotatable bonds is 5. The minimum atomic E-state index is -0.501. The van der Waals surface area contributed by atoms with Gasteiger partial charge in [-0.1, -0.05) is 0 Å². The molecule has 0 amide bonds. The predicted molar refractivity (Wildman–Crippen MR) is 84.2 cm³/mol. The van der Waals surface area contributed by atoms with Crippen molar-refractivity contribution in [1.82, 2.24) is 4.90 Å². The Morgan fingerprint density at radius 1 is 1.35 bits per heavy atom. The van der Waals surface area contributed by atoms with Crippen LogP contribution in [0.25, 0.3) is 0 Å². The lowest BCUT2D eigenvalue weighted by Gasteiger charge is -2.31. The Kier molecular flexibility index (Phi) is 5.51. The highest BCUT2D eigenvalue weighted by Crippen LogP contribution is 2.23. The lowest BCUT2D eigenvalue weighted by Crippen LogP contribution is -2.42. The van der Waals surface area contributed by atoms with Crippen molar-refractivity contribution in [2.45, 2.75) is 25.7 Å². The van der Waals surface area contributed by atoms with E-state index < -0.39 is 4.92 Å². The fourth-order valence-electron chi connectivity index (χ4n) is 2.60. The molecule has 8 nitrogen and oxygen atoms in total. The highest BCUT2D eigenvalue weighted by Gasteiger charge is 2.21. The zero-order chi connectivity index (χ0) is 16.8. The maximum atomic E-state index is 11.8. The lowest BCUT2D eigenvalue weighted by molar-refractivity contribution is -0.384. The Morgan fingerprint density at radius 2 is 1.96 bits per heavy atom. The van der Waals surface area contributed by atoms with Crippen molar-refractivity contribution < 1.29 is 14.5 Å². The predicted octanol–water partition coefficient (Wildman–Crippen LogP) is 1.89. The first-order valence-corrected chi connectivity index (χ1v) is 7.50. The molecule has 2 rings (SSSR count). The molecule has 1 heterocycles. The van der Waals surface area contributed by atoms with Gasteiger partial charge in [0.05, 0.1) is 4.92 Å². The number of ether oxygens (including phenoxy) is 1. The molecule has 0 aromatic heterocycles. The number of non-ortho nitro benzene ring substituents is 1. The summed E-state index contributed by atoms with van der Waals surface area (Å²) in [5, 5.41) is 17.9. The quantitative estimate of drug-likeness (QED) is 0.213. The van der Waals surface area contributed by atoms with Crippen LogP contribution >= 0.6 is 0 Å². The van der Waals surface area contributed by atoms with E-state index in [4.69, 9.17) is 15.9 Å². The fraction of sp³-hybridized carbons (Fsp3) is 0.467. The molecule has 1 aromatic rings. The maximum absolute atomic E-state index is 11.8. The molecule has 23 heavy (non-hydrogen) atoms. The number of esters is 1. The minimum absolute atomic E-state index is 0.0398. The van der Waals surface area contributed by atoms with E-state index >= 15 is 0 Å². The molecule has 1 aromatic carbocycles. The van der Waals surface area contributed by atoms with E-state index in [-0.39, 0.29) is 17.6 Å². The molecule has 0 aliphatic carbocycles. The topological polar surface area (TPSA) is 123 Å². The van der Waals surface area contributed by atoms with E-state index in [1.54, 1.807) is 0 Å². The summed E-state index contributed by atoms with van der Waals surface area (Å²) >= 11 is 0. The van der Waals surface area contributed by atoms with Gasteiger partial charge >= 0.3 is 5.97 Å². The Hall–Kier alpha value is -2.64. The summed E-state index contributed by atoms with van der Waals surface area (Å²) in [5.41, 5.74) is 5.40. The van der Waals surface area contributed by atoms with Crippen molar-refractivity contribution in [3.05, 3.63) is 34.4 Å². The van der Waals surface area contributed by atoms with Gasteiger partial charge in [-0.05, 0) is 37.3 Å². The number of hydrogen-bond donors (Lipinski definition) is 2. The van der Waals surface area contributed by atoms with Crippen molar-refractivity contribution >= 4 is 17.6 Å². The Balaban J connectivity index is 1.73. The van der Waals surface area contributed by atoms with E-state index in [0.29, 0.717) is 18.1 Å². The first kappa shape index (κ1) is 16.7. The lowest BCUT2D eigenvalue weighted by atomic mass is 9.92. The van der Waals surface area contributed by atoms with Crippen LogP contribution in [0.1, 0.15) is 25.7 Å². The van der Waals surface area contributed by atoms with Gasteiger partial charge in [-0.25, -0.2) is 0 Å². The van der Waals surface area contributed by atoms with Crippen LogP contribution in [0.5, 0.6) is 5.75 Å². The molecule has 3 N–H and O–H groups in total. The number of nitrogens with two attached hydrogens (primary N) is 1. The first-order chi connectivity index (χ1) is 11.0. The summed E-state index contributed by atoms with van der Waals surface area (Å²) < 4.78 is 5.17. The SMILES string of the molecule is N=C(N)N1CCC(CCC(=O)Oc2ccc([N+](=O)[O-])cc2)CC1. The smallest absolute Gasteiger partial charge is 0.311 e. The van der Waals surface area contributed by atoms with Crippen LogP contribution < -0.4 is 10.5 Å². The summed E-state index contributed by atoms with van der Waals surface area (Å²) in [6.07, 6.45) is 2.86. The largest absolute Gasteiger partial charge is 0.427 e. The zero-order valence-electron chi connectivity index (χ0n) is 12.7. The summed E-state index contributed by atoms with van der Waals surface area (Å²) in [6, 6.07) is 5.45. The van der Waals surface area contributed by atoms with Crippen molar-refractivity contribution in [3.63, 3.8) is 0 Å². The number of nitro groups is 1. The van der Waals surface area contributed by atoms with Crippen molar-refractivity contribution in [1.29, 1.82) is 5.41 Å². The monoisotopic (exact) mass is 320 g/mol. The Labute approximate surface area is 133 Å². The highest BCUT2D eigenvalue weighted by molar-refractivity contribution is 5.74. The summed E-state index contributed by atoms with van der Waals surface area (Å²) in [5.74, 6) is 0.496. The number of benzene rings is 1. The maximum Gasteiger partial charge on any atom is 0.311 e. The Bertz CT molecular complexity index is 580. The number of hydrogen-bond acceptors (Lipinski definition) is 5. The van der Waals surface area contributed by atoms with Crippen molar-refractivity contribution in [2.75, 3.05) is 13.1 Å². The Morgan fingerprint density at radius 3 is 2.48 bits per heavy atom. The number of carbonyl (C=O) groups excluding carboxylic acids is 1. The molecular formula is C15H20N4O4. The van der Waals surface area contributed by atoms with E-state index in [0.717, 1.165) is 32.4 Å². The molecule has 0 spiro atoms. The van der Waals surface area contributed by atoms with Gasteiger partial charge < -0.3 is 15.4 Å². The second kappa shape index (κ2) is 7.57. The number of nitro benzene ring substituents is 1. The first-order valence-electron chi connectivity index (χ1n) is 7.50. The third kappa shape index (κ3) is 4.94. The standard InChI is InChI=1S/C15H20N4O4/c16-15(17)18-9-7-11(8-10-18)1-6-14(20)23-13-4-2-12(3-5-13)19(21)22/h2-5,11H,1,6-10H2,(H3,16,17). The van der Waals surface area contributed by atoms with Crippen LogP contribution in [0.2, 0.25) is 0 Å². The van der Waals surface area contributed by atoms with E-state index in [2.05, 4.69) is 0 Å². The number of likely N-dealkylation sites (tertiary alicyclic amines) is 1. The molecule has 0 unspecified atom stereocenters. The average molecular weight is 320 g/mol. The number of guanidine groups is 1. The van der Waals surface area contributed by atoms with Gasteiger partial charge in [0.1, 0.15) is 5.75 Å². The van der Waals surface area contributed by atoms with Gasteiger partial charge in [-0.15, -0.1) is 0 Å². The molecule has 0 atom stereocenters. The van der Waals surface area contributed by atoms with Crippen LogP contribution in [0.3, 0.4) is 0 Å². The van der Waals surface area contributed by atoms with Gasteiger partial charge in [0.15, 0.2) is 5.96 Å². The summed E-state index contributed by atoms with van der Waals surface area (Å²) in [6.45, 7) is 1.49. The van der Waals surface area contributed by atoms with E-state index in [1.165, 1.54) is 24.3 Å². The average Bonchev–Trinajstić information content (AvgIpc) is 2.54. The number of carbonyl (C=O) groups is 1. The van der Waals surface area contributed by atoms with Gasteiger partial charge in [-0.2, -0.15) is 0 Å². The van der Waals surface area contributed by atoms with Crippen LogP contribution in [0.15, 0.2) is 24.3 Å². The second-order valence-electron chi connectivity index (χ2n) is 5.58. The minimum Gasteiger partial charge on any atom is -0.427 e. The van der Waals surface area contributed by atoms with Crippen LogP contribution in [-0.2, 0) is 4.79 Å². The van der Waals surface area contributed by atoms with Crippen LogP contribution in [0.4, 0.5) is 5.69 Å². The second-order valence-corrected chi connectivity index (χ2v) is 5.58. The summed E-state index contributed by atoms with van der Waals surface area (Å²) in [4.78, 5) is 23.7. The molecule has 0 saturated carbocycles. The number of nitrogens with zero attached hydrogens (tertiary/aromatic N) is 2. The molecule has 1 aliphatic rings. The van der Waals surface area contributed by atoms with E-state index in [1.807, 2.05) is 4.90 Å². The number of piperidine rings is 1. The molecule has 0 bridgehead atoms. The molecule has 1 aliphatic heterocycles. The third-order valence-corrected chi connectivity index (χ3v) is 3.99. The molecule has 1 saturated heterocycles. The van der Waals surface area contributed by atoms with Gasteiger partial charge in [0, 0.05) is 31.6 Å². The van der Waals surface area contributed by atoms with Gasteiger partial charge in [0.25, 0.3) is 5.69 Å².